The Morgan fingerprint density at radius 2 is 2.36 bits per heavy atom. The van der Waals surface area contributed by atoms with Gasteiger partial charge in [-0.2, -0.15) is 0 Å². The Morgan fingerprint density at radius 1 is 1.73 bits per heavy atom. The highest BCUT2D eigenvalue weighted by atomic mass is 16.5. The molecule has 0 saturated carbocycles. The third-order valence-corrected chi connectivity index (χ3v) is 1.30. The Labute approximate surface area is 67.6 Å². The second-order valence-electron chi connectivity index (χ2n) is 2.26. The van der Waals surface area contributed by atoms with Gasteiger partial charge >= 0.3 is 5.97 Å². The fourth-order valence-electron chi connectivity index (χ4n) is 0.643. The highest BCUT2D eigenvalue weighted by Gasteiger charge is 2.07. The maximum absolute atomic E-state index is 10.8. The summed E-state index contributed by atoms with van der Waals surface area (Å²) in [5.41, 5.74) is 0. The van der Waals surface area contributed by atoms with Gasteiger partial charge < -0.3 is 4.74 Å². The minimum atomic E-state index is -0.203. The van der Waals surface area contributed by atoms with Crippen LogP contribution in [0, 0.1) is 5.92 Å². The van der Waals surface area contributed by atoms with Crippen molar-refractivity contribution in [3.8, 4) is 0 Å². The number of methoxy groups -OCH3 is 1. The van der Waals surface area contributed by atoms with Crippen molar-refractivity contribution >= 4 is 5.97 Å². The number of rotatable bonds is 4. The quantitative estimate of drug-likeness (QED) is 0.457. The Morgan fingerprint density at radius 3 is 2.82 bits per heavy atom. The Balaban J connectivity index is 3.75. The van der Waals surface area contributed by atoms with E-state index in [4.69, 9.17) is 0 Å². The number of carbonyl (C=O) groups excluding carboxylic acids is 1. The van der Waals surface area contributed by atoms with E-state index in [-0.39, 0.29) is 11.9 Å². The van der Waals surface area contributed by atoms with Crippen LogP contribution >= 0.6 is 0 Å². The maximum Gasteiger partial charge on any atom is 0.312 e. The predicted molar refractivity (Wildman–Crippen MR) is 45.1 cm³/mol. The monoisotopic (exact) mass is 154 g/mol. The van der Waals surface area contributed by atoms with Crippen LogP contribution in [0.15, 0.2) is 24.8 Å². The lowest BCUT2D eigenvalue weighted by Gasteiger charge is -2.01. The van der Waals surface area contributed by atoms with Gasteiger partial charge in [0.15, 0.2) is 0 Å². The van der Waals surface area contributed by atoms with Crippen LogP contribution in [0.3, 0.4) is 0 Å². The number of ether oxygens (including phenoxy) is 1. The summed E-state index contributed by atoms with van der Waals surface area (Å²) in [6.07, 6.45) is 6.28. The molecule has 1 unspecified atom stereocenters. The van der Waals surface area contributed by atoms with Gasteiger partial charge in [-0.3, -0.25) is 4.79 Å². The summed E-state index contributed by atoms with van der Waals surface area (Å²) in [5.74, 6) is -0.356. The molecule has 0 radical (unpaired) electrons. The molecule has 0 aromatic rings. The molecule has 0 bridgehead atoms. The molecular weight excluding hydrogens is 140 g/mol. The van der Waals surface area contributed by atoms with Crippen LogP contribution < -0.4 is 0 Å². The Bertz CT molecular complexity index is 159. The molecule has 0 aromatic carbocycles. The number of carbonyl (C=O) groups is 1. The lowest BCUT2D eigenvalue weighted by molar-refractivity contribution is -0.143. The van der Waals surface area contributed by atoms with Gasteiger partial charge in [-0.25, -0.2) is 0 Å². The zero-order valence-electron chi connectivity index (χ0n) is 7.04. The fourth-order valence-corrected chi connectivity index (χ4v) is 0.643. The molecule has 0 spiro atoms. The van der Waals surface area contributed by atoms with Crippen molar-refractivity contribution in [3.05, 3.63) is 24.8 Å². The first-order valence-electron chi connectivity index (χ1n) is 3.57. The highest BCUT2D eigenvalue weighted by molar-refractivity contribution is 5.73. The number of esters is 1. The van der Waals surface area contributed by atoms with Gasteiger partial charge in [0.05, 0.1) is 13.0 Å². The molecule has 1 atom stereocenters. The van der Waals surface area contributed by atoms with Crippen molar-refractivity contribution in [1.82, 2.24) is 0 Å². The van der Waals surface area contributed by atoms with Crippen LogP contribution in [0.4, 0.5) is 0 Å². The van der Waals surface area contributed by atoms with E-state index in [2.05, 4.69) is 11.3 Å². The second kappa shape index (κ2) is 5.71. The van der Waals surface area contributed by atoms with Crippen LogP contribution in [-0.4, -0.2) is 13.1 Å². The molecule has 0 heterocycles. The highest BCUT2D eigenvalue weighted by Crippen LogP contribution is 2.00. The van der Waals surface area contributed by atoms with E-state index >= 15 is 0 Å². The zero-order chi connectivity index (χ0) is 8.69. The van der Waals surface area contributed by atoms with Crippen LogP contribution in [0.1, 0.15) is 13.3 Å². The number of hydrogen-bond acceptors (Lipinski definition) is 2. The molecule has 0 N–H and O–H groups in total. The smallest absolute Gasteiger partial charge is 0.312 e. The van der Waals surface area contributed by atoms with Gasteiger partial charge in [0.2, 0.25) is 0 Å². The average molecular weight is 154 g/mol. The van der Waals surface area contributed by atoms with Gasteiger partial charge in [-0.15, -0.1) is 6.58 Å². The van der Waals surface area contributed by atoms with E-state index in [1.807, 2.05) is 12.2 Å². The summed E-state index contributed by atoms with van der Waals surface area (Å²) in [6.45, 7) is 5.35. The van der Waals surface area contributed by atoms with Crippen molar-refractivity contribution in [1.29, 1.82) is 0 Å². The van der Waals surface area contributed by atoms with E-state index < -0.39 is 0 Å². The topological polar surface area (TPSA) is 26.3 Å². The largest absolute Gasteiger partial charge is 0.469 e. The SMILES string of the molecule is C=CC/C=C/C(C)C(=O)OC. The standard InChI is InChI=1S/C9H14O2/c1-4-5-6-7-8(2)9(10)11-3/h4,6-8H,1,5H2,2-3H3/b7-6+. The summed E-state index contributed by atoms with van der Waals surface area (Å²) in [7, 11) is 1.39. The fraction of sp³-hybridized carbons (Fsp3) is 0.444. The molecule has 2 nitrogen and oxygen atoms in total. The molecule has 0 rings (SSSR count). The molecule has 62 valence electrons. The summed E-state index contributed by atoms with van der Waals surface area (Å²) < 4.78 is 4.53. The molecule has 11 heavy (non-hydrogen) atoms. The van der Waals surface area contributed by atoms with Gasteiger partial charge in [0.1, 0.15) is 0 Å². The normalized spacial score (nSPS) is 12.9. The van der Waals surface area contributed by atoms with Crippen LogP contribution in [0.2, 0.25) is 0 Å². The summed E-state index contributed by atoms with van der Waals surface area (Å²) in [4.78, 5) is 10.8. The molecule has 0 aliphatic rings. The molecule has 2 heteroatoms. The molecule has 0 fully saturated rings. The lowest BCUT2D eigenvalue weighted by Crippen LogP contribution is -2.09. The Hall–Kier alpha value is -1.05. The van der Waals surface area contributed by atoms with Crippen molar-refractivity contribution in [3.63, 3.8) is 0 Å². The summed E-state index contributed by atoms with van der Waals surface area (Å²) in [5, 5.41) is 0. The van der Waals surface area contributed by atoms with Gasteiger partial charge in [-0.1, -0.05) is 18.2 Å². The van der Waals surface area contributed by atoms with E-state index in [9.17, 15) is 4.79 Å². The number of hydrogen-bond donors (Lipinski definition) is 0. The molecule has 0 aromatic heterocycles. The third kappa shape index (κ3) is 4.37. The molecule has 0 aliphatic heterocycles. The maximum atomic E-state index is 10.8. The summed E-state index contributed by atoms with van der Waals surface area (Å²) >= 11 is 0. The van der Waals surface area contributed by atoms with Crippen molar-refractivity contribution in [2.45, 2.75) is 13.3 Å². The molecular formula is C9H14O2. The third-order valence-electron chi connectivity index (χ3n) is 1.30. The average Bonchev–Trinajstić information content (AvgIpc) is 2.03. The first-order valence-corrected chi connectivity index (χ1v) is 3.57. The summed E-state index contributed by atoms with van der Waals surface area (Å²) in [6, 6.07) is 0. The van der Waals surface area contributed by atoms with Crippen molar-refractivity contribution in [2.24, 2.45) is 5.92 Å². The van der Waals surface area contributed by atoms with E-state index in [0.717, 1.165) is 6.42 Å². The molecule has 0 saturated heterocycles. The van der Waals surface area contributed by atoms with Crippen LogP contribution in [-0.2, 0) is 9.53 Å². The molecule has 0 aliphatic carbocycles. The second-order valence-corrected chi connectivity index (χ2v) is 2.26. The molecule has 0 amide bonds. The van der Waals surface area contributed by atoms with Crippen LogP contribution in [0.5, 0.6) is 0 Å². The predicted octanol–water partition coefficient (Wildman–Crippen LogP) is 1.93. The minimum Gasteiger partial charge on any atom is -0.469 e. The van der Waals surface area contributed by atoms with Crippen LogP contribution in [0.25, 0.3) is 0 Å². The Kier molecular flexibility index (Phi) is 5.17. The first-order chi connectivity index (χ1) is 5.22. The van der Waals surface area contributed by atoms with Crippen molar-refractivity contribution < 1.29 is 9.53 Å². The van der Waals surface area contributed by atoms with Crippen molar-refractivity contribution in [2.75, 3.05) is 7.11 Å². The van der Waals surface area contributed by atoms with E-state index in [0.29, 0.717) is 0 Å². The number of allylic oxidation sites excluding steroid dienone is 2. The lowest BCUT2D eigenvalue weighted by atomic mass is 10.1. The van der Waals surface area contributed by atoms with Gasteiger partial charge in [0, 0.05) is 0 Å². The minimum absolute atomic E-state index is 0.153. The van der Waals surface area contributed by atoms with E-state index in [1.54, 1.807) is 13.0 Å². The van der Waals surface area contributed by atoms with E-state index in [1.165, 1.54) is 7.11 Å². The van der Waals surface area contributed by atoms with Gasteiger partial charge in [0.25, 0.3) is 0 Å². The first kappa shape index (κ1) is 9.95. The van der Waals surface area contributed by atoms with Gasteiger partial charge in [-0.05, 0) is 13.3 Å². The zero-order valence-corrected chi connectivity index (χ0v) is 7.04.